The van der Waals surface area contributed by atoms with Gasteiger partial charge in [-0.15, -0.1) is 0 Å². The van der Waals surface area contributed by atoms with E-state index in [1.165, 1.54) is 0 Å². The Labute approximate surface area is 232 Å². The molecule has 8 heteroatoms. The summed E-state index contributed by atoms with van der Waals surface area (Å²) in [5.41, 5.74) is 1.14. The molecule has 1 N–H and O–H groups in total. The summed E-state index contributed by atoms with van der Waals surface area (Å²) in [6.45, 7) is 12.2. The second kappa shape index (κ2) is 14.6. The van der Waals surface area contributed by atoms with E-state index in [0.717, 1.165) is 32.5 Å². The summed E-state index contributed by atoms with van der Waals surface area (Å²) in [6, 6.07) is 11.6. The van der Waals surface area contributed by atoms with E-state index < -0.39 is 17.7 Å². The highest BCUT2D eigenvalue weighted by Gasteiger charge is 2.46. The van der Waals surface area contributed by atoms with Crippen molar-refractivity contribution in [3.63, 3.8) is 0 Å². The molecule has 1 aliphatic heterocycles. The van der Waals surface area contributed by atoms with Gasteiger partial charge in [-0.3, -0.25) is 9.59 Å². The lowest BCUT2D eigenvalue weighted by Crippen LogP contribution is -2.33. The molecule has 8 nitrogen and oxygen atoms in total. The monoisotopic (exact) mass is 538 g/mol. The van der Waals surface area contributed by atoms with Crippen molar-refractivity contribution in [2.75, 3.05) is 46.5 Å². The van der Waals surface area contributed by atoms with E-state index in [1.807, 2.05) is 13.0 Å². The largest absolute Gasteiger partial charge is 0.507 e. The molecule has 1 amide bonds. The van der Waals surface area contributed by atoms with Gasteiger partial charge < -0.3 is 29.1 Å². The van der Waals surface area contributed by atoms with Gasteiger partial charge >= 0.3 is 0 Å². The van der Waals surface area contributed by atoms with Crippen LogP contribution in [0.2, 0.25) is 0 Å². The van der Waals surface area contributed by atoms with Crippen LogP contribution in [0.15, 0.2) is 48.0 Å². The smallest absolute Gasteiger partial charge is 0.295 e. The molecule has 0 bridgehead atoms. The molecule has 1 unspecified atom stereocenters. The van der Waals surface area contributed by atoms with Crippen molar-refractivity contribution < 1.29 is 28.9 Å². The molecule has 1 fully saturated rings. The van der Waals surface area contributed by atoms with E-state index in [9.17, 15) is 14.7 Å². The summed E-state index contributed by atoms with van der Waals surface area (Å²) in [5, 5.41) is 11.4. The zero-order valence-corrected chi connectivity index (χ0v) is 23.9. The molecule has 39 heavy (non-hydrogen) atoms. The third-order valence-corrected chi connectivity index (χ3v) is 6.99. The molecule has 0 radical (unpaired) electrons. The standard InChI is InChI=1S/C31H42N2O6/c1-6-10-19-39-25-16-15-22(21-26(25)37-5)28-27(29(34)23-13-11-14-24(20-23)38-9-4)30(35)31(36)33(28)18-12-17-32(7-2)8-3/h11,13-16,20-21,28,34H,6-10,12,17-19H2,1-5H3. The zero-order valence-electron chi connectivity index (χ0n) is 23.9. The minimum absolute atomic E-state index is 0.0539. The first-order valence-corrected chi connectivity index (χ1v) is 13.9. The molecular weight excluding hydrogens is 496 g/mol. The van der Waals surface area contributed by atoms with E-state index in [2.05, 4.69) is 25.7 Å². The van der Waals surface area contributed by atoms with Gasteiger partial charge in [0.1, 0.15) is 11.5 Å². The number of hydrogen-bond acceptors (Lipinski definition) is 7. The summed E-state index contributed by atoms with van der Waals surface area (Å²) in [4.78, 5) is 30.6. The number of carbonyl (C=O) groups is 2. The second-order valence-corrected chi connectivity index (χ2v) is 9.45. The van der Waals surface area contributed by atoms with Crippen molar-refractivity contribution in [1.82, 2.24) is 9.80 Å². The molecule has 3 rings (SSSR count). The molecule has 1 atom stereocenters. The van der Waals surface area contributed by atoms with Crippen LogP contribution in [0.1, 0.15) is 64.1 Å². The number of carbonyl (C=O) groups excluding carboxylic acids is 2. The van der Waals surface area contributed by atoms with Crippen molar-refractivity contribution in [1.29, 1.82) is 0 Å². The summed E-state index contributed by atoms with van der Waals surface area (Å²) in [5.74, 6) is 0.122. The number of aliphatic hydroxyl groups is 1. The lowest BCUT2D eigenvalue weighted by Gasteiger charge is -2.27. The van der Waals surface area contributed by atoms with Gasteiger partial charge in [0.2, 0.25) is 0 Å². The number of methoxy groups -OCH3 is 1. The molecule has 2 aromatic rings. The summed E-state index contributed by atoms with van der Waals surface area (Å²) < 4.78 is 17.1. The quantitative estimate of drug-likeness (QED) is 0.140. The number of rotatable bonds is 15. The van der Waals surface area contributed by atoms with Crippen LogP contribution in [0.25, 0.3) is 5.76 Å². The maximum Gasteiger partial charge on any atom is 0.295 e. The lowest BCUT2D eigenvalue weighted by molar-refractivity contribution is -0.140. The number of ketones is 1. The number of Topliss-reactive ketones (excluding diaryl/α,β-unsaturated/α-hetero) is 1. The van der Waals surface area contributed by atoms with E-state index >= 15 is 0 Å². The molecule has 2 aromatic carbocycles. The predicted molar refractivity (Wildman–Crippen MR) is 152 cm³/mol. The summed E-state index contributed by atoms with van der Waals surface area (Å²) in [6.07, 6.45) is 2.62. The Morgan fingerprint density at radius 3 is 2.41 bits per heavy atom. The van der Waals surface area contributed by atoms with Crippen LogP contribution < -0.4 is 14.2 Å². The Morgan fingerprint density at radius 1 is 0.974 bits per heavy atom. The number of hydrogen-bond donors (Lipinski definition) is 1. The van der Waals surface area contributed by atoms with E-state index in [1.54, 1.807) is 48.4 Å². The van der Waals surface area contributed by atoms with Gasteiger partial charge in [0.05, 0.1) is 31.9 Å². The number of ether oxygens (including phenoxy) is 3. The van der Waals surface area contributed by atoms with Crippen LogP contribution >= 0.6 is 0 Å². The number of likely N-dealkylation sites (tertiary alicyclic amines) is 1. The fourth-order valence-electron chi connectivity index (χ4n) is 4.82. The average Bonchev–Trinajstić information content (AvgIpc) is 3.20. The lowest BCUT2D eigenvalue weighted by atomic mass is 9.95. The number of unbranched alkanes of at least 4 members (excludes halogenated alkanes) is 1. The SMILES string of the molecule is CCCCOc1ccc(C2C(=C(O)c3cccc(OCC)c3)C(=O)C(=O)N2CCCN(CC)CC)cc1OC. The highest BCUT2D eigenvalue weighted by molar-refractivity contribution is 6.46. The van der Waals surface area contributed by atoms with Crippen molar-refractivity contribution in [2.24, 2.45) is 0 Å². The maximum absolute atomic E-state index is 13.4. The van der Waals surface area contributed by atoms with Gasteiger partial charge in [-0.25, -0.2) is 0 Å². The third kappa shape index (κ3) is 7.12. The summed E-state index contributed by atoms with van der Waals surface area (Å²) >= 11 is 0. The van der Waals surface area contributed by atoms with Crippen LogP contribution in [-0.2, 0) is 9.59 Å². The number of benzene rings is 2. The Balaban J connectivity index is 2.07. The fraction of sp³-hybridized carbons (Fsp3) is 0.484. The van der Waals surface area contributed by atoms with Gasteiger partial charge in [-0.05, 0) is 69.2 Å². The fourth-order valence-corrected chi connectivity index (χ4v) is 4.82. The molecule has 1 saturated heterocycles. The molecule has 0 saturated carbocycles. The van der Waals surface area contributed by atoms with Gasteiger partial charge in [-0.2, -0.15) is 0 Å². The molecular formula is C31H42N2O6. The first-order chi connectivity index (χ1) is 18.9. The van der Waals surface area contributed by atoms with E-state index in [4.69, 9.17) is 14.2 Å². The Morgan fingerprint density at radius 2 is 1.74 bits per heavy atom. The van der Waals surface area contributed by atoms with Crippen LogP contribution in [0, 0.1) is 0 Å². The number of amides is 1. The van der Waals surface area contributed by atoms with Crippen molar-refractivity contribution in [2.45, 2.75) is 53.0 Å². The highest BCUT2D eigenvalue weighted by Crippen LogP contribution is 2.42. The molecule has 0 spiro atoms. The van der Waals surface area contributed by atoms with E-state index in [-0.39, 0.29) is 11.3 Å². The summed E-state index contributed by atoms with van der Waals surface area (Å²) in [7, 11) is 1.56. The first kappa shape index (κ1) is 30.0. The topological polar surface area (TPSA) is 88.5 Å². The van der Waals surface area contributed by atoms with Crippen LogP contribution in [-0.4, -0.2) is 73.1 Å². The Bertz CT molecular complexity index is 1160. The van der Waals surface area contributed by atoms with Crippen molar-refractivity contribution >= 4 is 17.4 Å². The zero-order chi connectivity index (χ0) is 28.4. The van der Waals surface area contributed by atoms with Gasteiger partial charge in [-0.1, -0.05) is 45.4 Å². The number of nitrogens with zero attached hydrogens (tertiary/aromatic N) is 2. The van der Waals surface area contributed by atoms with Crippen molar-refractivity contribution in [3.05, 3.63) is 59.2 Å². The Hall–Kier alpha value is -3.52. The predicted octanol–water partition coefficient (Wildman–Crippen LogP) is 5.43. The number of aliphatic hydroxyl groups excluding tert-OH is 1. The molecule has 212 valence electrons. The van der Waals surface area contributed by atoms with Gasteiger partial charge in [0, 0.05) is 12.1 Å². The molecule has 0 aromatic heterocycles. The highest BCUT2D eigenvalue weighted by atomic mass is 16.5. The maximum atomic E-state index is 13.4. The molecule has 1 aliphatic rings. The first-order valence-electron chi connectivity index (χ1n) is 13.9. The minimum Gasteiger partial charge on any atom is -0.507 e. The molecule has 1 heterocycles. The normalized spacial score (nSPS) is 16.7. The minimum atomic E-state index is -0.768. The Kier molecular flexibility index (Phi) is 11.2. The third-order valence-electron chi connectivity index (χ3n) is 6.99. The van der Waals surface area contributed by atoms with Crippen LogP contribution in [0.3, 0.4) is 0 Å². The van der Waals surface area contributed by atoms with Gasteiger partial charge in [0.15, 0.2) is 11.5 Å². The molecule has 0 aliphatic carbocycles. The second-order valence-electron chi connectivity index (χ2n) is 9.45. The van der Waals surface area contributed by atoms with Crippen molar-refractivity contribution in [3.8, 4) is 17.2 Å². The van der Waals surface area contributed by atoms with Crippen LogP contribution in [0.5, 0.6) is 17.2 Å². The van der Waals surface area contributed by atoms with E-state index in [0.29, 0.717) is 54.6 Å². The van der Waals surface area contributed by atoms with Gasteiger partial charge in [0.25, 0.3) is 11.7 Å². The van der Waals surface area contributed by atoms with Crippen LogP contribution in [0.4, 0.5) is 0 Å². The average molecular weight is 539 g/mol.